The molecule has 0 saturated heterocycles. The lowest BCUT2D eigenvalue weighted by Gasteiger charge is -2.17. The third-order valence-electron chi connectivity index (χ3n) is 4.21. The van der Waals surface area contributed by atoms with Crippen LogP contribution in [0.1, 0.15) is 41.5 Å². The minimum absolute atomic E-state index is 0.0548. The Labute approximate surface area is 173 Å². The zero-order chi connectivity index (χ0) is 20.8. The van der Waals surface area contributed by atoms with Crippen LogP contribution in [0, 0.1) is 0 Å². The van der Waals surface area contributed by atoms with Crippen molar-refractivity contribution in [2.45, 2.75) is 26.3 Å². The Morgan fingerprint density at radius 3 is 2.17 bits per heavy atom. The monoisotopic (exact) mass is 407 g/mol. The van der Waals surface area contributed by atoms with Crippen molar-refractivity contribution in [1.82, 2.24) is 10.3 Å². The maximum atomic E-state index is 12.6. The number of carbonyl (C=O) groups is 3. The Kier molecular flexibility index (Phi) is 6.51. The summed E-state index contributed by atoms with van der Waals surface area (Å²) in [4.78, 5) is 41.2. The maximum Gasteiger partial charge on any atom is 0.228 e. The predicted molar refractivity (Wildman–Crippen MR) is 114 cm³/mol. The molecule has 6 nitrogen and oxygen atoms in total. The van der Waals surface area contributed by atoms with Gasteiger partial charge in [0, 0.05) is 19.4 Å². The highest BCUT2D eigenvalue weighted by atomic mass is 32.1. The van der Waals surface area contributed by atoms with Gasteiger partial charge in [-0.3, -0.25) is 14.4 Å². The average Bonchev–Trinajstić information content (AvgIpc) is 3.12. The van der Waals surface area contributed by atoms with Gasteiger partial charge in [0.15, 0.2) is 10.9 Å². The number of Topliss-reactive ketones (excluding diaryl/α,β-unsaturated/α-hetero) is 1. The van der Waals surface area contributed by atoms with Crippen molar-refractivity contribution < 1.29 is 14.4 Å². The van der Waals surface area contributed by atoms with Crippen molar-refractivity contribution >= 4 is 34.1 Å². The molecule has 0 fully saturated rings. The van der Waals surface area contributed by atoms with Crippen molar-refractivity contribution in [3.05, 3.63) is 71.1 Å². The van der Waals surface area contributed by atoms with Crippen LogP contribution in [0.5, 0.6) is 0 Å². The summed E-state index contributed by atoms with van der Waals surface area (Å²) in [6.45, 7) is 2.90. The normalized spacial score (nSPS) is 11.5. The summed E-state index contributed by atoms with van der Waals surface area (Å²) < 4.78 is 0. The second kappa shape index (κ2) is 9.25. The molecule has 0 unspecified atom stereocenters. The van der Waals surface area contributed by atoms with E-state index < -0.39 is 6.04 Å². The lowest BCUT2D eigenvalue weighted by atomic mass is 10.0. The van der Waals surface area contributed by atoms with Crippen LogP contribution in [0.3, 0.4) is 0 Å². The van der Waals surface area contributed by atoms with Crippen LogP contribution in [0.15, 0.2) is 60.7 Å². The fourth-order valence-electron chi connectivity index (χ4n) is 2.94. The minimum Gasteiger partial charge on any atom is -0.349 e. The lowest BCUT2D eigenvalue weighted by molar-refractivity contribution is -0.120. The summed E-state index contributed by atoms with van der Waals surface area (Å²) in [7, 11) is 0. The predicted octanol–water partition coefficient (Wildman–Crippen LogP) is 4.22. The second-order valence-corrected chi connectivity index (χ2v) is 7.53. The van der Waals surface area contributed by atoms with Crippen molar-refractivity contribution in [2.24, 2.45) is 0 Å². The summed E-state index contributed by atoms with van der Waals surface area (Å²) in [5, 5.41) is 5.92. The molecule has 0 spiro atoms. The standard InChI is InChI=1S/C22H21N3O3S/c1-14(26)21-20(17-11-7-4-8-12-17)25-22(29-21)24-19(28)13-18(23-15(2)27)16-9-5-3-6-10-16/h3-12,18H,13H2,1-2H3,(H,23,27)(H,24,25,28)/t18-/m0/s1. The van der Waals surface area contributed by atoms with E-state index in [2.05, 4.69) is 15.6 Å². The number of aromatic nitrogens is 1. The number of nitrogens with one attached hydrogen (secondary N) is 2. The highest BCUT2D eigenvalue weighted by Crippen LogP contribution is 2.31. The molecule has 2 N–H and O–H groups in total. The topological polar surface area (TPSA) is 88.2 Å². The van der Waals surface area contributed by atoms with Crippen molar-refractivity contribution in [3.63, 3.8) is 0 Å². The smallest absolute Gasteiger partial charge is 0.228 e. The third kappa shape index (κ3) is 5.36. The molecule has 29 heavy (non-hydrogen) atoms. The van der Waals surface area contributed by atoms with E-state index in [9.17, 15) is 14.4 Å². The van der Waals surface area contributed by atoms with Gasteiger partial charge < -0.3 is 10.6 Å². The van der Waals surface area contributed by atoms with E-state index >= 15 is 0 Å². The van der Waals surface area contributed by atoms with E-state index in [1.54, 1.807) is 0 Å². The molecule has 0 bridgehead atoms. The van der Waals surface area contributed by atoms with Crippen LogP contribution in [0.25, 0.3) is 11.3 Å². The Balaban J connectivity index is 1.79. The molecule has 7 heteroatoms. The maximum absolute atomic E-state index is 12.6. The molecule has 3 rings (SSSR count). The molecule has 0 radical (unpaired) electrons. The largest absolute Gasteiger partial charge is 0.349 e. The Bertz CT molecular complexity index is 1020. The molecule has 148 valence electrons. The van der Waals surface area contributed by atoms with E-state index in [-0.39, 0.29) is 24.0 Å². The van der Waals surface area contributed by atoms with Gasteiger partial charge in [0.25, 0.3) is 0 Å². The number of carbonyl (C=O) groups excluding carboxylic acids is 3. The van der Waals surface area contributed by atoms with Gasteiger partial charge in [-0.2, -0.15) is 0 Å². The van der Waals surface area contributed by atoms with Crippen LogP contribution >= 0.6 is 11.3 Å². The summed E-state index contributed by atoms with van der Waals surface area (Å²) >= 11 is 1.15. The van der Waals surface area contributed by atoms with Crippen LogP contribution in [-0.4, -0.2) is 22.6 Å². The number of nitrogens with zero attached hydrogens (tertiary/aromatic N) is 1. The fourth-order valence-corrected chi connectivity index (χ4v) is 3.84. The summed E-state index contributed by atoms with van der Waals surface area (Å²) in [5.74, 6) is -0.621. The number of hydrogen-bond donors (Lipinski definition) is 2. The molecule has 0 aliphatic carbocycles. The molecule has 1 aromatic heterocycles. The molecule has 2 aromatic carbocycles. The van der Waals surface area contributed by atoms with Crippen molar-refractivity contribution in [2.75, 3.05) is 5.32 Å². The second-order valence-electron chi connectivity index (χ2n) is 6.54. The molecule has 1 heterocycles. The first-order valence-electron chi connectivity index (χ1n) is 9.13. The zero-order valence-corrected chi connectivity index (χ0v) is 17.0. The highest BCUT2D eigenvalue weighted by molar-refractivity contribution is 7.18. The number of hydrogen-bond acceptors (Lipinski definition) is 5. The Hall–Kier alpha value is -3.32. The van der Waals surface area contributed by atoms with Crippen LogP contribution in [0.4, 0.5) is 5.13 Å². The van der Waals surface area contributed by atoms with E-state index in [0.29, 0.717) is 15.7 Å². The van der Waals surface area contributed by atoms with Gasteiger partial charge in [0.2, 0.25) is 11.8 Å². The average molecular weight is 407 g/mol. The number of benzene rings is 2. The van der Waals surface area contributed by atoms with Crippen LogP contribution in [0.2, 0.25) is 0 Å². The number of amides is 2. The Morgan fingerprint density at radius 1 is 0.966 bits per heavy atom. The van der Waals surface area contributed by atoms with Crippen molar-refractivity contribution in [1.29, 1.82) is 0 Å². The van der Waals surface area contributed by atoms with E-state index in [1.807, 2.05) is 60.7 Å². The molecule has 1 atom stereocenters. The molecule has 0 aliphatic rings. The highest BCUT2D eigenvalue weighted by Gasteiger charge is 2.20. The lowest BCUT2D eigenvalue weighted by Crippen LogP contribution is -2.29. The molecule has 3 aromatic rings. The van der Waals surface area contributed by atoms with E-state index in [1.165, 1.54) is 13.8 Å². The third-order valence-corrected chi connectivity index (χ3v) is 5.28. The molecule has 0 saturated carbocycles. The van der Waals surface area contributed by atoms with Crippen LogP contribution < -0.4 is 10.6 Å². The van der Waals surface area contributed by atoms with Gasteiger partial charge in [-0.05, 0) is 5.56 Å². The van der Waals surface area contributed by atoms with Gasteiger partial charge in [0.1, 0.15) is 0 Å². The van der Waals surface area contributed by atoms with Crippen molar-refractivity contribution in [3.8, 4) is 11.3 Å². The Morgan fingerprint density at radius 2 is 1.59 bits per heavy atom. The molecular formula is C22H21N3O3S. The fraction of sp³-hybridized carbons (Fsp3) is 0.182. The van der Waals surface area contributed by atoms with E-state index in [0.717, 1.165) is 22.5 Å². The first kappa shape index (κ1) is 20.4. The first-order valence-corrected chi connectivity index (χ1v) is 9.94. The molecule has 2 amide bonds. The van der Waals surface area contributed by atoms with Gasteiger partial charge >= 0.3 is 0 Å². The summed E-state index contributed by atoms with van der Waals surface area (Å²) in [6, 6.07) is 18.2. The summed E-state index contributed by atoms with van der Waals surface area (Å²) in [6.07, 6.45) is 0.0548. The zero-order valence-electron chi connectivity index (χ0n) is 16.1. The summed E-state index contributed by atoms with van der Waals surface area (Å²) in [5.41, 5.74) is 2.21. The minimum atomic E-state index is -0.450. The first-order chi connectivity index (χ1) is 13.9. The van der Waals surface area contributed by atoms with Gasteiger partial charge in [0.05, 0.1) is 23.0 Å². The van der Waals surface area contributed by atoms with Gasteiger partial charge in [-0.15, -0.1) is 0 Å². The number of thiazole rings is 1. The number of rotatable bonds is 7. The number of ketones is 1. The number of anilines is 1. The quantitative estimate of drug-likeness (QED) is 0.574. The molecule has 0 aliphatic heterocycles. The SMILES string of the molecule is CC(=O)N[C@@H](CC(=O)Nc1nc(-c2ccccc2)c(C(C)=O)s1)c1ccccc1. The van der Waals surface area contributed by atoms with Crippen LogP contribution in [-0.2, 0) is 9.59 Å². The van der Waals surface area contributed by atoms with Gasteiger partial charge in [-0.25, -0.2) is 4.98 Å². The van der Waals surface area contributed by atoms with Gasteiger partial charge in [-0.1, -0.05) is 72.0 Å². The molecular weight excluding hydrogens is 386 g/mol. The van der Waals surface area contributed by atoms with E-state index in [4.69, 9.17) is 0 Å².